The second-order valence-corrected chi connectivity index (χ2v) is 5.25. The number of carbonyl (C=O) groups excluding carboxylic acids is 2. The molecule has 1 aromatic heterocycles. The Morgan fingerprint density at radius 1 is 1.50 bits per heavy atom. The number of aliphatic hydroxyl groups is 1. The van der Waals surface area contributed by atoms with E-state index < -0.39 is 0 Å². The number of furan rings is 1. The fraction of sp³-hybridized carbons (Fsp3) is 0.571. The predicted octanol–water partition coefficient (Wildman–Crippen LogP) is 0.629. The van der Waals surface area contributed by atoms with Crippen molar-refractivity contribution in [2.24, 2.45) is 5.92 Å². The van der Waals surface area contributed by atoms with Gasteiger partial charge in [-0.25, -0.2) is 0 Å². The van der Waals surface area contributed by atoms with Crippen molar-refractivity contribution in [3.8, 4) is 0 Å². The van der Waals surface area contributed by atoms with Crippen LogP contribution < -0.4 is 5.32 Å². The third kappa shape index (κ3) is 3.84. The van der Waals surface area contributed by atoms with E-state index in [1.54, 1.807) is 24.1 Å². The first-order valence-electron chi connectivity index (χ1n) is 6.80. The van der Waals surface area contributed by atoms with Crippen molar-refractivity contribution in [1.29, 1.82) is 0 Å². The van der Waals surface area contributed by atoms with Gasteiger partial charge in [0, 0.05) is 26.6 Å². The summed E-state index contributed by atoms with van der Waals surface area (Å²) in [6.45, 7) is 0.956. The molecule has 1 aromatic rings. The molecule has 0 saturated heterocycles. The van der Waals surface area contributed by atoms with Crippen molar-refractivity contribution < 1.29 is 19.1 Å². The Kier molecular flexibility index (Phi) is 4.79. The van der Waals surface area contributed by atoms with Crippen molar-refractivity contribution in [3.05, 3.63) is 24.2 Å². The Labute approximate surface area is 117 Å². The molecule has 0 radical (unpaired) electrons. The Balaban J connectivity index is 1.63. The fourth-order valence-electron chi connectivity index (χ4n) is 2.31. The van der Waals surface area contributed by atoms with Crippen LogP contribution >= 0.6 is 0 Å². The van der Waals surface area contributed by atoms with Gasteiger partial charge < -0.3 is 19.7 Å². The highest BCUT2D eigenvalue weighted by Crippen LogP contribution is 2.27. The van der Waals surface area contributed by atoms with Gasteiger partial charge in [0.15, 0.2) is 5.76 Å². The molecule has 0 aliphatic heterocycles. The molecule has 1 fully saturated rings. The Morgan fingerprint density at radius 3 is 2.85 bits per heavy atom. The predicted molar refractivity (Wildman–Crippen MR) is 72.0 cm³/mol. The molecule has 0 atom stereocenters. The summed E-state index contributed by atoms with van der Waals surface area (Å²) in [4.78, 5) is 25.1. The lowest BCUT2D eigenvalue weighted by Gasteiger charge is -2.34. The molecular formula is C14H20N2O4. The first-order valence-corrected chi connectivity index (χ1v) is 6.80. The van der Waals surface area contributed by atoms with Crippen molar-refractivity contribution in [2.45, 2.75) is 25.4 Å². The standard InChI is InChI=1S/C14H20N2O4/c1-16(9-10-7-11(17)8-10)13(18)4-5-15-14(19)12-3-2-6-20-12/h2-3,6,10-11,17H,4-5,7-9H2,1H3,(H,15,19). The molecule has 0 aromatic carbocycles. The van der Waals surface area contributed by atoms with E-state index in [0.29, 0.717) is 12.5 Å². The molecule has 6 heteroatoms. The average Bonchev–Trinajstić information content (AvgIpc) is 2.90. The minimum atomic E-state index is -0.312. The number of hydrogen-bond acceptors (Lipinski definition) is 4. The second-order valence-electron chi connectivity index (χ2n) is 5.25. The number of carbonyl (C=O) groups is 2. The molecule has 0 spiro atoms. The van der Waals surface area contributed by atoms with Gasteiger partial charge in [0.05, 0.1) is 12.4 Å². The van der Waals surface area contributed by atoms with Crippen LogP contribution in [0.4, 0.5) is 0 Å². The highest BCUT2D eigenvalue weighted by atomic mass is 16.3. The quantitative estimate of drug-likeness (QED) is 0.800. The van der Waals surface area contributed by atoms with Crippen LogP contribution in [0, 0.1) is 5.92 Å². The van der Waals surface area contributed by atoms with Gasteiger partial charge in [-0.1, -0.05) is 0 Å². The van der Waals surface area contributed by atoms with Crippen LogP contribution in [0.25, 0.3) is 0 Å². The fourth-order valence-corrected chi connectivity index (χ4v) is 2.31. The Morgan fingerprint density at radius 2 is 2.25 bits per heavy atom. The summed E-state index contributed by atoms with van der Waals surface area (Å²) in [7, 11) is 1.75. The number of hydrogen-bond donors (Lipinski definition) is 2. The topological polar surface area (TPSA) is 82.8 Å². The molecular weight excluding hydrogens is 260 g/mol. The number of nitrogens with zero attached hydrogens (tertiary/aromatic N) is 1. The SMILES string of the molecule is CN(CC1CC(O)C1)C(=O)CCNC(=O)c1ccco1. The Bertz CT molecular complexity index is 452. The minimum Gasteiger partial charge on any atom is -0.459 e. The van der Waals surface area contributed by atoms with Crippen LogP contribution in [-0.2, 0) is 4.79 Å². The second kappa shape index (κ2) is 6.56. The van der Waals surface area contributed by atoms with Crippen LogP contribution in [0.15, 0.2) is 22.8 Å². The lowest BCUT2D eigenvalue weighted by Crippen LogP contribution is -2.40. The van der Waals surface area contributed by atoms with E-state index >= 15 is 0 Å². The van der Waals surface area contributed by atoms with Gasteiger partial charge in [0.2, 0.25) is 5.91 Å². The van der Waals surface area contributed by atoms with E-state index in [9.17, 15) is 14.7 Å². The molecule has 0 unspecified atom stereocenters. The molecule has 1 saturated carbocycles. The van der Waals surface area contributed by atoms with E-state index in [2.05, 4.69) is 5.32 Å². The number of rotatable bonds is 6. The van der Waals surface area contributed by atoms with E-state index in [1.165, 1.54) is 6.26 Å². The van der Waals surface area contributed by atoms with Gasteiger partial charge in [-0.3, -0.25) is 9.59 Å². The van der Waals surface area contributed by atoms with Crippen molar-refractivity contribution >= 4 is 11.8 Å². The highest BCUT2D eigenvalue weighted by molar-refractivity contribution is 5.91. The maximum atomic E-state index is 11.9. The first kappa shape index (κ1) is 14.6. The molecule has 2 N–H and O–H groups in total. The van der Waals surface area contributed by atoms with Gasteiger partial charge in [-0.15, -0.1) is 0 Å². The molecule has 2 amide bonds. The summed E-state index contributed by atoms with van der Waals surface area (Å²) in [5, 5.41) is 11.8. The number of nitrogens with one attached hydrogen (secondary N) is 1. The van der Waals surface area contributed by atoms with Gasteiger partial charge in [-0.2, -0.15) is 0 Å². The van der Waals surface area contributed by atoms with E-state index in [-0.39, 0.29) is 36.6 Å². The monoisotopic (exact) mass is 280 g/mol. The van der Waals surface area contributed by atoms with Crippen LogP contribution in [0.5, 0.6) is 0 Å². The van der Waals surface area contributed by atoms with Crippen LogP contribution in [0.2, 0.25) is 0 Å². The summed E-state index contributed by atoms with van der Waals surface area (Å²) in [6.07, 6.45) is 3.04. The largest absolute Gasteiger partial charge is 0.459 e. The molecule has 1 heterocycles. The van der Waals surface area contributed by atoms with Gasteiger partial charge in [0.25, 0.3) is 5.91 Å². The molecule has 6 nitrogen and oxygen atoms in total. The lowest BCUT2D eigenvalue weighted by molar-refractivity contribution is -0.131. The maximum absolute atomic E-state index is 11.9. The van der Waals surface area contributed by atoms with E-state index in [4.69, 9.17) is 4.42 Å². The zero-order valence-electron chi connectivity index (χ0n) is 11.5. The van der Waals surface area contributed by atoms with Crippen LogP contribution in [0.1, 0.15) is 29.8 Å². The van der Waals surface area contributed by atoms with E-state index in [1.807, 2.05) is 0 Å². The molecule has 110 valence electrons. The minimum absolute atomic E-state index is 0.00821. The molecule has 1 aliphatic carbocycles. The summed E-state index contributed by atoms with van der Waals surface area (Å²) in [5.41, 5.74) is 0. The summed E-state index contributed by atoms with van der Waals surface area (Å²) in [5.74, 6) is 0.324. The normalized spacial score (nSPS) is 21.1. The van der Waals surface area contributed by atoms with E-state index in [0.717, 1.165) is 12.8 Å². The smallest absolute Gasteiger partial charge is 0.286 e. The summed E-state index contributed by atoms with van der Waals surface area (Å²) < 4.78 is 4.95. The average molecular weight is 280 g/mol. The molecule has 20 heavy (non-hydrogen) atoms. The Hall–Kier alpha value is -1.82. The third-order valence-electron chi connectivity index (χ3n) is 3.54. The summed E-state index contributed by atoms with van der Waals surface area (Å²) in [6, 6.07) is 3.21. The molecule has 2 rings (SSSR count). The zero-order chi connectivity index (χ0) is 14.5. The summed E-state index contributed by atoms with van der Waals surface area (Å²) >= 11 is 0. The third-order valence-corrected chi connectivity index (χ3v) is 3.54. The highest BCUT2D eigenvalue weighted by Gasteiger charge is 2.28. The first-order chi connectivity index (χ1) is 9.56. The van der Waals surface area contributed by atoms with Crippen molar-refractivity contribution in [1.82, 2.24) is 10.2 Å². The maximum Gasteiger partial charge on any atom is 0.286 e. The van der Waals surface area contributed by atoms with Crippen molar-refractivity contribution in [3.63, 3.8) is 0 Å². The van der Waals surface area contributed by atoms with Crippen LogP contribution in [0.3, 0.4) is 0 Å². The van der Waals surface area contributed by atoms with Crippen molar-refractivity contribution in [2.75, 3.05) is 20.1 Å². The van der Waals surface area contributed by atoms with Gasteiger partial charge in [-0.05, 0) is 30.9 Å². The zero-order valence-corrected chi connectivity index (χ0v) is 11.5. The molecule has 1 aliphatic rings. The van der Waals surface area contributed by atoms with Gasteiger partial charge >= 0.3 is 0 Å². The number of amides is 2. The van der Waals surface area contributed by atoms with Crippen LogP contribution in [-0.4, -0.2) is 48.1 Å². The number of aliphatic hydroxyl groups excluding tert-OH is 1. The molecule has 0 bridgehead atoms. The van der Waals surface area contributed by atoms with Gasteiger partial charge in [0.1, 0.15) is 0 Å². The lowest BCUT2D eigenvalue weighted by atomic mass is 9.82.